The number of non-ortho nitro benzene ring substituents is 1. The molecule has 17 heteroatoms. The van der Waals surface area contributed by atoms with E-state index in [1.165, 1.54) is 22.9 Å². The number of nitrogens with zero attached hydrogens (tertiary/aromatic N) is 5. The van der Waals surface area contributed by atoms with Gasteiger partial charge in [-0.25, -0.2) is 4.68 Å². The third-order valence-corrected chi connectivity index (χ3v) is 6.87. The number of H-pyrrole nitrogens is 1. The number of aromatic nitrogens is 2. The Balaban J connectivity index is 0.000000261. The number of aromatic amines is 1. The number of hydrazone groups is 2. The summed E-state index contributed by atoms with van der Waals surface area (Å²) in [6, 6.07) is 19.7. The van der Waals surface area contributed by atoms with E-state index in [1.54, 1.807) is 49.4 Å². The first-order chi connectivity index (χ1) is 23.0. The Morgan fingerprint density at radius 3 is 2.24 bits per heavy atom. The largest absolute Gasteiger partial charge is 1.00 e. The number of benzene rings is 3. The number of fused-ring (bicyclic) bond motifs is 1. The average molecular weight is 702 g/mol. The number of carbonyl (C=O) groups excluding carboxylic acids is 2. The molecule has 0 aliphatic heterocycles. The van der Waals surface area contributed by atoms with Gasteiger partial charge in [0.25, 0.3) is 16.9 Å². The van der Waals surface area contributed by atoms with Crippen LogP contribution in [0.5, 0.6) is 5.75 Å². The topological polar surface area (TPSA) is 227 Å². The van der Waals surface area contributed by atoms with Crippen LogP contribution in [0.15, 0.2) is 118 Å². The molecule has 2 aliphatic rings. The van der Waals surface area contributed by atoms with Crippen molar-refractivity contribution >= 4 is 46.1 Å². The number of nitrogens with one attached hydrogen (secondary N) is 3. The van der Waals surface area contributed by atoms with Crippen molar-refractivity contribution in [2.24, 2.45) is 10.2 Å². The third kappa shape index (κ3) is 8.00. The minimum absolute atomic E-state index is 0. The second kappa shape index (κ2) is 15.3. The van der Waals surface area contributed by atoms with Crippen LogP contribution >= 0.6 is 0 Å². The van der Waals surface area contributed by atoms with Crippen molar-refractivity contribution in [3.63, 3.8) is 0 Å². The fourth-order valence-corrected chi connectivity index (χ4v) is 4.45. The quantitative estimate of drug-likeness (QED) is 0.0921. The maximum Gasteiger partial charge on any atom is 1.00 e. The molecule has 0 atom stereocenters. The fourth-order valence-electron chi connectivity index (χ4n) is 4.45. The fraction of sp³-hybridized carbons (Fsp3) is 0.0312. The van der Waals surface area contributed by atoms with Crippen molar-refractivity contribution in [1.29, 1.82) is 0 Å². The molecule has 0 unspecified atom stereocenters. The van der Waals surface area contributed by atoms with Crippen LogP contribution in [0.4, 0.5) is 17.1 Å². The van der Waals surface area contributed by atoms with Crippen molar-refractivity contribution in [2.75, 3.05) is 10.9 Å². The smallest absolute Gasteiger partial charge is 0.506 e. The molecule has 0 amide bonds. The van der Waals surface area contributed by atoms with Crippen molar-refractivity contribution < 1.29 is 43.3 Å². The minimum Gasteiger partial charge on any atom is -0.506 e. The number of nitro groups is 2. The summed E-state index contributed by atoms with van der Waals surface area (Å²) < 4.78 is 1.33. The number of rotatable bonds is 7. The molecule has 0 radical (unpaired) electrons. The van der Waals surface area contributed by atoms with E-state index >= 15 is 0 Å². The van der Waals surface area contributed by atoms with Crippen LogP contribution in [-0.2, 0) is 27.0 Å². The molecule has 1 aromatic heterocycles. The Labute approximate surface area is 288 Å². The number of phenols is 1. The molecule has 0 spiro atoms. The van der Waals surface area contributed by atoms with E-state index in [0.29, 0.717) is 16.9 Å². The summed E-state index contributed by atoms with van der Waals surface area (Å²) in [7, 11) is 0. The zero-order valence-corrected chi connectivity index (χ0v) is 26.5. The summed E-state index contributed by atoms with van der Waals surface area (Å²) in [5.41, 5.74) is 7.09. The third-order valence-electron chi connectivity index (χ3n) is 6.87. The normalized spacial score (nSPS) is 14.7. The van der Waals surface area contributed by atoms with Crippen LogP contribution in [-0.4, -0.2) is 47.7 Å². The van der Waals surface area contributed by atoms with Gasteiger partial charge in [0.2, 0.25) is 11.6 Å². The number of ketones is 2. The van der Waals surface area contributed by atoms with Gasteiger partial charge in [0, 0.05) is 47.2 Å². The minimum atomic E-state index is -0.623. The van der Waals surface area contributed by atoms with Crippen LogP contribution in [0.2, 0.25) is 0 Å². The molecule has 1 heterocycles. The van der Waals surface area contributed by atoms with Gasteiger partial charge in [0.1, 0.15) is 28.5 Å². The van der Waals surface area contributed by atoms with Crippen LogP contribution in [0.3, 0.4) is 0 Å². The number of allylic oxidation sites excluding steroid dienone is 4. The Kier molecular flexibility index (Phi) is 11.0. The van der Waals surface area contributed by atoms with E-state index in [1.807, 2.05) is 18.2 Å². The number of aromatic hydroxyl groups is 1. The standard InChI is InChI=1S/C16H13N5O4.C16H11N3O4.Cr/c1-10-15(16(23)20(19-10)11-5-3-2-4-6-11)18-17-13-9-12(21(24)25)7-8-14(13)22;20-14-8-6-11(19(22)23)9-13(14)17-18-16-12-4-2-1-3-10(12)5-7-15(16)21;/h2-9,18-19H,1H3;1-9,17,20H;/p+1/b17-13-;18-16-;. The summed E-state index contributed by atoms with van der Waals surface area (Å²) >= 11 is 0. The summed E-state index contributed by atoms with van der Waals surface area (Å²) in [4.78, 5) is 56.6. The van der Waals surface area contributed by atoms with Gasteiger partial charge in [-0.05, 0) is 42.8 Å². The van der Waals surface area contributed by atoms with Gasteiger partial charge in [-0.2, -0.15) is 10.2 Å². The molecule has 4 aromatic rings. The molecule has 0 saturated carbocycles. The Morgan fingerprint density at radius 2 is 1.53 bits per heavy atom. The molecular weight excluding hydrogens is 676 g/mol. The zero-order valence-electron chi connectivity index (χ0n) is 26.3. The number of para-hydroxylation sites is 1. The Morgan fingerprint density at radius 1 is 0.837 bits per heavy atom. The molecule has 2 aliphatic carbocycles. The molecule has 0 fully saturated rings. The van der Waals surface area contributed by atoms with Gasteiger partial charge >= 0.3 is 1.43 Å². The molecule has 0 bridgehead atoms. The van der Waals surface area contributed by atoms with E-state index in [-0.39, 0.29) is 70.1 Å². The summed E-state index contributed by atoms with van der Waals surface area (Å²) in [6.45, 7) is 1.67. The molecule has 6 rings (SSSR count). The number of anilines is 2. The van der Waals surface area contributed by atoms with E-state index in [2.05, 4.69) is 26.2 Å². The van der Waals surface area contributed by atoms with E-state index < -0.39 is 15.6 Å². The maximum atomic E-state index is 12.5. The number of carbonyl (C=O) groups is 2. The SMILES string of the molecule is Cc1[nH]n(-c2ccccc2)c(=O)c1N/N=C1/C=C([N+](=O)[O-])C=CC1=O.O=C1C=Cc2ccccc2/C1=N/Nc1cc([N+](=O)[O-])ccc1O.[Cr].[H+]. The first-order valence-electron chi connectivity index (χ1n) is 14.0. The number of nitro benzene ring substituents is 1. The maximum absolute atomic E-state index is 12.5. The molecule has 0 saturated heterocycles. The molecule has 16 nitrogen and oxygen atoms in total. The molecule has 246 valence electrons. The number of hydrogen-bond acceptors (Lipinski definition) is 12. The van der Waals surface area contributed by atoms with Gasteiger partial charge in [-0.15, -0.1) is 0 Å². The summed E-state index contributed by atoms with van der Waals surface area (Å²) in [6.07, 6.45) is 6.31. The van der Waals surface area contributed by atoms with Gasteiger partial charge in [0.05, 0.1) is 21.2 Å². The predicted molar refractivity (Wildman–Crippen MR) is 178 cm³/mol. The van der Waals surface area contributed by atoms with Crippen molar-refractivity contribution in [3.8, 4) is 11.4 Å². The monoisotopic (exact) mass is 701 g/mol. The van der Waals surface area contributed by atoms with E-state index in [4.69, 9.17) is 0 Å². The predicted octanol–water partition coefficient (Wildman–Crippen LogP) is 4.36. The van der Waals surface area contributed by atoms with Crippen molar-refractivity contribution in [2.45, 2.75) is 6.92 Å². The van der Waals surface area contributed by atoms with Crippen LogP contribution in [0, 0.1) is 27.2 Å². The van der Waals surface area contributed by atoms with Crippen molar-refractivity contribution in [1.82, 2.24) is 9.78 Å². The molecule has 3 aromatic carbocycles. The second-order valence-corrected chi connectivity index (χ2v) is 10.0. The van der Waals surface area contributed by atoms with Crippen LogP contribution in [0.25, 0.3) is 11.8 Å². The van der Waals surface area contributed by atoms with Gasteiger partial charge in [-0.1, -0.05) is 48.5 Å². The zero-order chi connectivity index (χ0) is 34.4. The molecule has 4 N–H and O–H groups in total. The first kappa shape index (κ1) is 35.2. The number of phenolic OH excluding ortho intramolecular Hbond substituents is 1. The van der Waals surface area contributed by atoms with Gasteiger partial charge in [0.15, 0.2) is 0 Å². The summed E-state index contributed by atoms with van der Waals surface area (Å²) in [5, 5.41) is 42.1. The van der Waals surface area contributed by atoms with Crippen molar-refractivity contribution in [3.05, 3.63) is 150 Å². The number of aryl methyl sites for hydroxylation is 1. The molecular formula is C32H25CrN8O8+. The van der Waals surface area contributed by atoms with Crippen LogP contribution in [0.1, 0.15) is 18.2 Å². The van der Waals surface area contributed by atoms with E-state index in [0.717, 1.165) is 29.9 Å². The second-order valence-electron chi connectivity index (χ2n) is 10.0. The van der Waals surface area contributed by atoms with Gasteiger partial charge in [-0.3, -0.25) is 50.6 Å². The Hall–Kier alpha value is -6.70. The Bertz CT molecular complexity index is 2190. The molecule has 49 heavy (non-hydrogen) atoms. The number of hydrogen-bond donors (Lipinski definition) is 4. The van der Waals surface area contributed by atoms with Gasteiger partial charge < -0.3 is 5.11 Å². The van der Waals surface area contributed by atoms with Crippen LogP contribution < -0.4 is 16.4 Å². The van der Waals surface area contributed by atoms with E-state index in [9.17, 15) is 39.7 Å². The summed E-state index contributed by atoms with van der Waals surface area (Å²) in [5.74, 6) is -0.983. The first-order valence-corrected chi connectivity index (χ1v) is 14.0. The average Bonchev–Trinajstić information content (AvgIpc) is 3.37.